The molecule has 0 saturated carbocycles. The van der Waals surface area contributed by atoms with E-state index in [1.54, 1.807) is 25.1 Å². The first-order valence-electron chi connectivity index (χ1n) is 8.49. The summed E-state index contributed by atoms with van der Waals surface area (Å²) in [5.74, 6) is -1.07. The smallest absolute Gasteiger partial charge is 0.338 e. The highest BCUT2D eigenvalue weighted by atomic mass is 35.5. The van der Waals surface area contributed by atoms with Crippen molar-refractivity contribution in [1.82, 2.24) is 0 Å². The van der Waals surface area contributed by atoms with Crippen LogP contribution in [0.2, 0.25) is 5.02 Å². The number of Topliss-reactive ketones (excluding diaryl/α,β-unsaturated/α-hetero) is 1. The number of hydrogen-bond donors (Lipinski definition) is 2. The molecule has 0 atom stereocenters. The predicted octanol–water partition coefficient (Wildman–Crippen LogP) is 3.03. The molecule has 1 aliphatic rings. The van der Waals surface area contributed by atoms with Gasteiger partial charge in [-0.2, -0.15) is 0 Å². The number of nitrogens with zero attached hydrogens (tertiary/aromatic N) is 1. The molecule has 0 aromatic heterocycles. The normalized spacial score (nSPS) is 14.0. The molecule has 0 aliphatic carbocycles. The van der Waals surface area contributed by atoms with Crippen molar-refractivity contribution in [2.45, 2.75) is 13.3 Å². The topological polar surface area (TPSA) is 111 Å². The van der Waals surface area contributed by atoms with Crippen LogP contribution in [0, 0.1) is 6.92 Å². The van der Waals surface area contributed by atoms with Crippen LogP contribution in [0.1, 0.15) is 38.3 Å². The fourth-order valence-corrected chi connectivity index (χ4v) is 3.17. The number of esters is 1. The standard InChI is InChI=1S/C20H18ClN3O4/c1-10-12(20(27)28-2)5-6-14(17(10)22)16(25)7-8-23-18-13-4-3-11(21)9-15(13)24-19(18)26/h3-6,9H,7-8,22H2,1-2H3,(H,23,24,26). The third-order valence-corrected chi connectivity index (χ3v) is 4.76. The largest absolute Gasteiger partial charge is 0.465 e. The van der Waals surface area contributed by atoms with Crippen LogP contribution in [0.25, 0.3) is 0 Å². The molecule has 2 aromatic carbocycles. The van der Waals surface area contributed by atoms with Crippen LogP contribution in [0.4, 0.5) is 11.4 Å². The summed E-state index contributed by atoms with van der Waals surface area (Å²) >= 11 is 5.92. The lowest BCUT2D eigenvalue weighted by atomic mass is 9.98. The molecule has 1 heterocycles. The van der Waals surface area contributed by atoms with E-state index in [0.717, 1.165) is 0 Å². The first-order valence-corrected chi connectivity index (χ1v) is 8.87. The Kier molecular flexibility index (Phi) is 5.46. The Morgan fingerprint density at radius 1 is 1.21 bits per heavy atom. The maximum absolute atomic E-state index is 12.5. The minimum Gasteiger partial charge on any atom is -0.465 e. The molecule has 0 unspecified atom stereocenters. The van der Waals surface area contributed by atoms with Gasteiger partial charge in [-0.15, -0.1) is 0 Å². The van der Waals surface area contributed by atoms with E-state index >= 15 is 0 Å². The molecule has 28 heavy (non-hydrogen) atoms. The van der Waals surface area contributed by atoms with Gasteiger partial charge >= 0.3 is 5.97 Å². The van der Waals surface area contributed by atoms with Crippen LogP contribution in [-0.4, -0.2) is 37.0 Å². The van der Waals surface area contributed by atoms with E-state index < -0.39 is 5.97 Å². The first-order chi connectivity index (χ1) is 13.3. The van der Waals surface area contributed by atoms with Gasteiger partial charge in [-0.05, 0) is 42.8 Å². The molecule has 1 aliphatic heterocycles. The van der Waals surface area contributed by atoms with E-state index in [-0.39, 0.29) is 36.1 Å². The van der Waals surface area contributed by atoms with Gasteiger partial charge in [-0.25, -0.2) is 4.79 Å². The van der Waals surface area contributed by atoms with Crippen molar-refractivity contribution in [2.24, 2.45) is 4.99 Å². The fourth-order valence-electron chi connectivity index (χ4n) is 2.99. The summed E-state index contributed by atoms with van der Waals surface area (Å²) in [4.78, 5) is 40.6. The predicted molar refractivity (Wildman–Crippen MR) is 107 cm³/mol. The van der Waals surface area contributed by atoms with Crippen LogP contribution in [0.3, 0.4) is 0 Å². The number of benzene rings is 2. The number of anilines is 2. The van der Waals surface area contributed by atoms with Gasteiger partial charge in [-0.1, -0.05) is 11.6 Å². The first kappa shape index (κ1) is 19.6. The minimum atomic E-state index is -0.513. The Hall–Kier alpha value is -3.19. The van der Waals surface area contributed by atoms with Gasteiger partial charge in [0, 0.05) is 34.8 Å². The lowest BCUT2D eigenvalue weighted by Crippen LogP contribution is -2.16. The summed E-state index contributed by atoms with van der Waals surface area (Å²) < 4.78 is 4.70. The second-order valence-electron chi connectivity index (χ2n) is 6.24. The lowest BCUT2D eigenvalue weighted by molar-refractivity contribution is -0.110. The number of amides is 1. The number of ketones is 1. The van der Waals surface area contributed by atoms with Crippen molar-refractivity contribution in [2.75, 3.05) is 24.7 Å². The zero-order valence-corrected chi connectivity index (χ0v) is 16.1. The van der Waals surface area contributed by atoms with Crippen molar-refractivity contribution in [3.05, 3.63) is 57.6 Å². The number of halogens is 1. The number of methoxy groups -OCH3 is 1. The maximum Gasteiger partial charge on any atom is 0.338 e. The van der Waals surface area contributed by atoms with E-state index in [4.69, 9.17) is 22.1 Å². The average molecular weight is 400 g/mol. The number of fused-ring (bicyclic) bond motifs is 1. The summed E-state index contributed by atoms with van der Waals surface area (Å²) in [5, 5.41) is 3.21. The highest BCUT2D eigenvalue weighted by molar-refractivity contribution is 6.54. The lowest BCUT2D eigenvalue weighted by Gasteiger charge is -2.11. The van der Waals surface area contributed by atoms with Gasteiger partial charge in [0.05, 0.1) is 18.4 Å². The second kappa shape index (κ2) is 7.82. The SMILES string of the molecule is COC(=O)c1ccc(C(=O)CCN=C2C(=O)Nc3cc(Cl)ccc32)c(N)c1C. The monoisotopic (exact) mass is 399 g/mol. The molecular formula is C20H18ClN3O4. The summed E-state index contributed by atoms with van der Waals surface area (Å²) in [6, 6.07) is 8.05. The van der Waals surface area contributed by atoms with E-state index in [1.807, 2.05) is 0 Å². The van der Waals surface area contributed by atoms with Gasteiger partial charge in [0.1, 0.15) is 5.71 Å². The van der Waals surface area contributed by atoms with Gasteiger partial charge in [0.15, 0.2) is 5.78 Å². The third kappa shape index (κ3) is 3.61. The number of carbonyl (C=O) groups is 3. The molecule has 3 rings (SSSR count). The second-order valence-corrected chi connectivity index (χ2v) is 6.67. The summed E-state index contributed by atoms with van der Waals surface area (Å²) in [6.45, 7) is 1.78. The van der Waals surface area contributed by atoms with Crippen LogP contribution >= 0.6 is 11.6 Å². The number of carbonyl (C=O) groups excluding carboxylic acids is 3. The maximum atomic E-state index is 12.5. The van der Waals surface area contributed by atoms with Crippen molar-refractivity contribution in [3.63, 3.8) is 0 Å². The Bertz CT molecular complexity index is 1030. The molecular weight excluding hydrogens is 382 g/mol. The van der Waals surface area contributed by atoms with Crippen LogP contribution in [0.5, 0.6) is 0 Å². The number of hydrogen-bond acceptors (Lipinski definition) is 6. The van der Waals surface area contributed by atoms with E-state index in [1.165, 1.54) is 19.2 Å². The molecule has 0 spiro atoms. The summed E-state index contributed by atoms with van der Waals surface area (Å²) in [6.07, 6.45) is 0.0704. The number of aliphatic imine (C=N–C) groups is 1. The zero-order chi connectivity index (χ0) is 20.4. The van der Waals surface area contributed by atoms with Crippen LogP contribution in [-0.2, 0) is 9.53 Å². The minimum absolute atomic E-state index is 0.0704. The molecule has 0 radical (unpaired) electrons. The average Bonchev–Trinajstić information content (AvgIpc) is 2.97. The van der Waals surface area contributed by atoms with Gasteiger partial charge in [-0.3, -0.25) is 14.6 Å². The molecule has 0 bridgehead atoms. The highest BCUT2D eigenvalue weighted by Crippen LogP contribution is 2.27. The number of rotatable bonds is 5. The summed E-state index contributed by atoms with van der Waals surface area (Å²) in [5.41, 5.74) is 8.90. The van der Waals surface area contributed by atoms with E-state index in [0.29, 0.717) is 33.0 Å². The van der Waals surface area contributed by atoms with Gasteiger partial charge in [0.25, 0.3) is 5.91 Å². The van der Waals surface area contributed by atoms with E-state index in [2.05, 4.69) is 10.3 Å². The Balaban J connectivity index is 1.75. The van der Waals surface area contributed by atoms with Crippen LogP contribution in [0.15, 0.2) is 35.3 Å². The van der Waals surface area contributed by atoms with Crippen molar-refractivity contribution < 1.29 is 19.1 Å². The number of nitrogens with one attached hydrogen (secondary N) is 1. The molecule has 0 saturated heterocycles. The van der Waals surface area contributed by atoms with E-state index in [9.17, 15) is 14.4 Å². The quantitative estimate of drug-likeness (QED) is 0.456. The molecule has 3 N–H and O–H groups in total. The molecule has 0 fully saturated rings. The van der Waals surface area contributed by atoms with Gasteiger partial charge < -0.3 is 15.8 Å². The Morgan fingerprint density at radius 3 is 2.64 bits per heavy atom. The van der Waals surface area contributed by atoms with Crippen molar-refractivity contribution >= 4 is 46.3 Å². The van der Waals surface area contributed by atoms with Crippen molar-refractivity contribution in [3.8, 4) is 0 Å². The number of ether oxygens (including phenoxy) is 1. The van der Waals surface area contributed by atoms with Gasteiger partial charge in [0.2, 0.25) is 0 Å². The molecule has 2 aromatic rings. The highest BCUT2D eigenvalue weighted by Gasteiger charge is 2.26. The van der Waals surface area contributed by atoms with Crippen LogP contribution < -0.4 is 11.1 Å². The fraction of sp³-hybridized carbons (Fsp3) is 0.200. The molecule has 144 valence electrons. The van der Waals surface area contributed by atoms with Crippen molar-refractivity contribution in [1.29, 1.82) is 0 Å². The zero-order valence-electron chi connectivity index (χ0n) is 15.3. The molecule has 8 heteroatoms. The number of nitrogens with two attached hydrogens (primary N) is 1. The molecule has 7 nitrogen and oxygen atoms in total. The Labute approximate surface area is 166 Å². The number of nitrogen functional groups attached to an aromatic ring is 1. The summed E-state index contributed by atoms with van der Waals surface area (Å²) in [7, 11) is 1.28. The third-order valence-electron chi connectivity index (χ3n) is 4.53. The molecule has 1 amide bonds. The Morgan fingerprint density at radius 2 is 1.93 bits per heavy atom.